The van der Waals surface area contributed by atoms with Gasteiger partial charge in [0, 0.05) is 25.6 Å². The van der Waals surface area contributed by atoms with Crippen LogP contribution >= 0.6 is 0 Å². The fourth-order valence-electron chi connectivity index (χ4n) is 2.39. The highest BCUT2D eigenvalue weighted by Crippen LogP contribution is 2.22. The maximum atomic E-state index is 14.1. The number of nitrogens with one attached hydrogen (secondary N) is 2. The largest absolute Gasteiger partial charge is 0.366 e. The molecule has 122 valence electrons. The maximum absolute atomic E-state index is 14.1. The van der Waals surface area contributed by atoms with Crippen LogP contribution in [0.15, 0.2) is 28.8 Å². The first kappa shape index (κ1) is 15.6. The third-order valence-electron chi connectivity index (χ3n) is 3.52. The summed E-state index contributed by atoms with van der Waals surface area (Å²) in [5, 5.41) is 9.63. The van der Waals surface area contributed by atoms with Crippen molar-refractivity contribution in [1.82, 2.24) is 20.8 Å². The summed E-state index contributed by atoms with van der Waals surface area (Å²) in [5.74, 6) is -0.272. The van der Waals surface area contributed by atoms with Crippen LogP contribution in [0.5, 0.6) is 0 Å². The van der Waals surface area contributed by atoms with Crippen LogP contribution < -0.4 is 10.6 Å². The van der Waals surface area contributed by atoms with E-state index in [1.165, 1.54) is 6.07 Å². The minimum atomic E-state index is -0.841. The molecule has 2 aromatic rings. The SMILES string of the molecule is Cc1nc([C@@H](NC(=O)[C@@H]2CNCCO2)c2ccccc2F)no1. The number of aromatic nitrogens is 2. The van der Waals surface area contributed by atoms with Crippen molar-refractivity contribution in [3.8, 4) is 0 Å². The van der Waals surface area contributed by atoms with E-state index in [0.29, 0.717) is 25.6 Å². The van der Waals surface area contributed by atoms with Crippen LogP contribution in [0.25, 0.3) is 0 Å². The number of carbonyl (C=O) groups is 1. The smallest absolute Gasteiger partial charge is 0.251 e. The number of hydrogen-bond donors (Lipinski definition) is 2. The third kappa shape index (κ3) is 3.54. The molecule has 7 nitrogen and oxygen atoms in total. The molecule has 0 saturated carbocycles. The van der Waals surface area contributed by atoms with E-state index in [9.17, 15) is 9.18 Å². The Morgan fingerprint density at radius 1 is 1.48 bits per heavy atom. The summed E-state index contributed by atoms with van der Waals surface area (Å²) in [6.07, 6.45) is -0.633. The van der Waals surface area contributed by atoms with Crippen molar-refractivity contribution in [2.24, 2.45) is 0 Å². The van der Waals surface area contributed by atoms with E-state index in [4.69, 9.17) is 9.26 Å². The Bertz CT molecular complexity index is 685. The van der Waals surface area contributed by atoms with Crippen molar-refractivity contribution in [3.63, 3.8) is 0 Å². The number of aryl methyl sites for hydroxylation is 1. The van der Waals surface area contributed by atoms with E-state index in [1.54, 1.807) is 25.1 Å². The molecular formula is C15H17FN4O3. The topological polar surface area (TPSA) is 89.3 Å². The van der Waals surface area contributed by atoms with Crippen LogP contribution in [-0.4, -0.2) is 41.8 Å². The predicted molar refractivity (Wildman–Crippen MR) is 78.0 cm³/mol. The Labute approximate surface area is 132 Å². The van der Waals surface area contributed by atoms with Crippen molar-refractivity contribution in [3.05, 3.63) is 47.4 Å². The molecule has 2 heterocycles. The molecule has 0 spiro atoms. The summed E-state index contributed by atoms with van der Waals surface area (Å²) in [6, 6.07) is 5.31. The Kier molecular flexibility index (Phi) is 4.63. The molecule has 1 saturated heterocycles. The molecule has 1 aromatic heterocycles. The fraction of sp³-hybridized carbons (Fsp3) is 0.400. The van der Waals surface area contributed by atoms with Crippen LogP contribution in [0, 0.1) is 12.7 Å². The Morgan fingerprint density at radius 2 is 2.30 bits per heavy atom. The standard InChI is InChI=1S/C15H17FN4O3/c1-9-18-14(20-23-9)13(10-4-2-3-5-11(10)16)19-15(21)12-8-17-6-7-22-12/h2-5,12-13,17H,6-8H2,1H3,(H,19,21)/t12-,13-/m0/s1. The van der Waals surface area contributed by atoms with Crippen LogP contribution in [0.2, 0.25) is 0 Å². The van der Waals surface area contributed by atoms with Gasteiger partial charge in [-0.15, -0.1) is 0 Å². The van der Waals surface area contributed by atoms with E-state index >= 15 is 0 Å². The third-order valence-corrected chi connectivity index (χ3v) is 3.52. The fourth-order valence-corrected chi connectivity index (χ4v) is 2.39. The highest BCUT2D eigenvalue weighted by molar-refractivity contribution is 5.82. The summed E-state index contributed by atoms with van der Waals surface area (Å²) in [5.41, 5.74) is 0.269. The van der Waals surface area contributed by atoms with Gasteiger partial charge in [0.25, 0.3) is 5.91 Å². The number of amides is 1. The molecule has 0 radical (unpaired) electrons. The number of nitrogens with zero attached hydrogens (tertiary/aromatic N) is 2. The quantitative estimate of drug-likeness (QED) is 0.862. The second kappa shape index (κ2) is 6.84. The highest BCUT2D eigenvalue weighted by Gasteiger charge is 2.29. The van der Waals surface area contributed by atoms with E-state index in [1.807, 2.05) is 0 Å². The number of benzene rings is 1. The van der Waals surface area contributed by atoms with Crippen molar-refractivity contribution >= 4 is 5.91 Å². The van der Waals surface area contributed by atoms with Gasteiger partial charge >= 0.3 is 0 Å². The molecule has 8 heteroatoms. The van der Waals surface area contributed by atoms with Gasteiger partial charge in [0.1, 0.15) is 18.0 Å². The van der Waals surface area contributed by atoms with Gasteiger partial charge in [-0.25, -0.2) is 4.39 Å². The molecule has 1 fully saturated rings. The number of ether oxygens (including phenoxy) is 1. The van der Waals surface area contributed by atoms with E-state index in [-0.39, 0.29) is 17.3 Å². The van der Waals surface area contributed by atoms with Crippen molar-refractivity contribution < 1.29 is 18.4 Å². The van der Waals surface area contributed by atoms with Crippen LogP contribution in [0.1, 0.15) is 23.3 Å². The molecule has 0 bridgehead atoms. The van der Waals surface area contributed by atoms with Crippen LogP contribution in [-0.2, 0) is 9.53 Å². The summed E-state index contributed by atoms with van der Waals surface area (Å²) >= 11 is 0. The molecule has 0 aliphatic carbocycles. The van der Waals surface area contributed by atoms with Crippen LogP contribution in [0.4, 0.5) is 4.39 Å². The second-order valence-electron chi connectivity index (χ2n) is 5.20. The lowest BCUT2D eigenvalue weighted by atomic mass is 10.0. The first-order valence-electron chi connectivity index (χ1n) is 7.32. The van der Waals surface area contributed by atoms with Crippen molar-refractivity contribution in [2.75, 3.05) is 19.7 Å². The van der Waals surface area contributed by atoms with Gasteiger partial charge in [-0.2, -0.15) is 4.98 Å². The number of rotatable bonds is 4. The summed E-state index contributed by atoms with van der Waals surface area (Å²) in [7, 11) is 0. The number of carbonyl (C=O) groups excluding carboxylic acids is 1. The Morgan fingerprint density at radius 3 is 2.96 bits per heavy atom. The number of halogens is 1. The maximum Gasteiger partial charge on any atom is 0.251 e. The molecule has 2 atom stereocenters. The van der Waals surface area contributed by atoms with Crippen molar-refractivity contribution in [2.45, 2.75) is 19.1 Å². The van der Waals surface area contributed by atoms with Gasteiger partial charge in [0.2, 0.25) is 5.89 Å². The minimum Gasteiger partial charge on any atom is -0.366 e. The molecule has 3 rings (SSSR count). The normalized spacial score (nSPS) is 19.3. The lowest BCUT2D eigenvalue weighted by Gasteiger charge is -2.25. The zero-order valence-corrected chi connectivity index (χ0v) is 12.6. The van der Waals surface area contributed by atoms with Gasteiger partial charge in [0.15, 0.2) is 5.82 Å². The average molecular weight is 320 g/mol. The van der Waals surface area contributed by atoms with Gasteiger partial charge in [-0.3, -0.25) is 4.79 Å². The lowest BCUT2D eigenvalue weighted by Crippen LogP contribution is -2.48. The predicted octanol–water partition coefficient (Wildman–Crippen LogP) is 0.711. The molecule has 1 aromatic carbocycles. The second-order valence-corrected chi connectivity index (χ2v) is 5.20. The molecule has 23 heavy (non-hydrogen) atoms. The molecule has 1 amide bonds. The first-order valence-corrected chi connectivity index (χ1v) is 7.32. The van der Waals surface area contributed by atoms with Crippen molar-refractivity contribution in [1.29, 1.82) is 0 Å². The molecule has 0 unspecified atom stereocenters. The van der Waals surface area contributed by atoms with E-state index in [2.05, 4.69) is 20.8 Å². The average Bonchev–Trinajstić information content (AvgIpc) is 3.00. The molecule has 1 aliphatic heterocycles. The molecular weight excluding hydrogens is 303 g/mol. The minimum absolute atomic E-state index is 0.199. The Hall–Kier alpha value is -2.32. The van der Waals surface area contributed by atoms with Crippen LogP contribution in [0.3, 0.4) is 0 Å². The Balaban J connectivity index is 1.86. The lowest BCUT2D eigenvalue weighted by molar-refractivity contribution is -0.134. The number of hydrogen-bond acceptors (Lipinski definition) is 6. The number of morpholine rings is 1. The summed E-state index contributed by atoms with van der Waals surface area (Å²) < 4.78 is 24.5. The van der Waals surface area contributed by atoms with Gasteiger partial charge in [-0.1, -0.05) is 23.4 Å². The molecule has 2 N–H and O–H groups in total. The summed E-state index contributed by atoms with van der Waals surface area (Å²) in [4.78, 5) is 16.5. The van der Waals surface area contributed by atoms with E-state index < -0.39 is 18.0 Å². The van der Waals surface area contributed by atoms with Gasteiger partial charge in [-0.05, 0) is 6.07 Å². The van der Waals surface area contributed by atoms with E-state index in [0.717, 1.165) is 0 Å². The van der Waals surface area contributed by atoms with Gasteiger partial charge in [0.05, 0.1) is 6.61 Å². The first-order chi connectivity index (χ1) is 11.1. The van der Waals surface area contributed by atoms with Gasteiger partial charge < -0.3 is 19.9 Å². The highest BCUT2D eigenvalue weighted by atomic mass is 19.1. The monoisotopic (exact) mass is 320 g/mol. The zero-order valence-electron chi connectivity index (χ0n) is 12.6. The zero-order chi connectivity index (χ0) is 16.2. The molecule has 1 aliphatic rings. The summed E-state index contributed by atoms with van der Waals surface area (Å²) in [6.45, 7) is 3.18.